The molecule has 0 aliphatic carbocycles. The van der Waals surface area contributed by atoms with E-state index in [1.54, 1.807) is 0 Å². The molecule has 0 unspecified atom stereocenters. The molecule has 0 aliphatic rings. The van der Waals surface area contributed by atoms with E-state index in [4.69, 9.17) is 11.6 Å². The van der Waals surface area contributed by atoms with Crippen LogP contribution in [0.25, 0.3) is 11.4 Å². The molecule has 0 saturated heterocycles. The number of hydrogen-bond donors (Lipinski definition) is 1. The molecule has 4 heteroatoms. The van der Waals surface area contributed by atoms with Crippen LogP contribution in [0.5, 0.6) is 0 Å². The van der Waals surface area contributed by atoms with Crippen LogP contribution in [0.3, 0.4) is 0 Å². The number of aromatic amines is 1. The van der Waals surface area contributed by atoms with Crippen molar-refractivity contribution in [1.29, 1.82) is 0 Å². The molecule has 3 nitrogen and oxygen atoms in total. The summed E-state index contributed by atoms with van der Waals surface area (Å²) in [6.07, 6.45) is 0. The maximum absolute atomic E-state index is 6.07. The molecule has 1 aromatic heterocycles. The first kappa shape index (κ1) is 11.1. The number of aryl methyl sites for hydroxylation is 1. The van der Waals surface area contributed by atoms with Gasteiger partial charge in [0, 0.05) is 16.5 Å². The van der Waals surface area contributed by atoms with Crippen LogP contribution in [0.2, 0.25) is 5.02 Å². The lowest BCUT2D eigenvalue weighted by Crippen LogP contribution is -1.89. The second kappa shape index (κ2) is 4.26. The molecule has 2 aromatic rings. The van der Waals surface area contributed by atoms with Crippen molar-refractivity contribution in [2.24, 2.45) is 0 Å². The van der Waals surface area contributed by atoms with E-state index in [2.05, 4.69) is 29.0 Å². The molecule has 0 saturated carbocycles. The summed E-state index contributed by atoms with van der Waals surface area (Å²) in [7, 11) is 0. The molecule has 0 amide bonds. The fourth-order valence-corrected chi connectivity index (χ4v) is 1.57. The van der Waals surface area contributed by atoms with E-state index in [1.165, 1.54) is 0 Å². The average Bonchev–Trinajstić information content (AvgIpc) is 2.71. The Morgan fingerprint density at radius 2 is 2.06 bits per heavy atom. The van der Waals surface area contributed by atoms with Crippen LogP contribution in [-0.2, 0) is 0 Å². The Kier molecular flexibility index (Phi) is 2.97. The standard InChI is InChI=1S/C12H14ClN3/c1-7(2)11-14-12(16-15-11)9-5-4-8(3)10(13)6-9/h4-7H,1-3H3,(H,14,15,16). The first-order valence-corrected chi connectivity index (χ1v) is 5.64. The minimum Gasteiger partial charge on any atom is -0.262 e. The normalized spacial score (nSPS) is 11.1. The maximum Gasteiger partial charge on any atom is 0.181 e. The average molecular weight is 236 g/mol. The highest BCUT2D eigenvalue weighted by Gasteiger charge is 2.09. The monoisotopic (exact) mass is 235 g/mol. The van der Waals surface area contributed by atoms with E-state index in [9.17, 15) is 0 Å². The van der Waals surface area contributed by atoms with E-state index >= 15 is 0 Å². The van der Waals surface area contributed by atoms with Crippen LogP contribution in [0, 0.1) is 6.92 Å². The van der Waals surface area contributed by atoms with Gasteiger partial charge in [-0.3, -0.25) is 5.10 Å². The lowest BCUT2D eigenvalue weighted by molar-refractivity contribution is 0.781. The van der Waals surface area contributed by atoms with E-state index in [0.29, 0.717) is 11.7 Å². The van der Waals surface area contributed by atoms with E-state index in [1.807, 2.05) is 25.1 Å². The SMILES string of the molecule is Cc1ccc(-c2n[nH]c(C(C)C)n2)cc1Cl. The molecule has 16 heavy (non-hydrogen) atoms. The Labute approximate surface area is 99.9 Å². The van der Waals surface area contributed by atoms with Gasteiger partial charge in [0.1, 0.15) is 5.82 Å². The van der Waals surface area contributed by atoms with Crippen molar-refractivity contribution in [2.75, 3.05) is 0 Å². The Balaban J connectivity index is 2.39. The van der Waals surface area contributed by atoms with Gasteiger partial charge in [0.25, 0.3) is 0 Å². The number of aromatic nitrogens is 3. The fraction of sp³-hybridized carbons (Fsp3) is 0.333. The summed E-state index contributed by atoms with van der Waals surface area (Å²) < 4.78 is 0. The van der Waals surface area contributed by atoms with E-state index < -0.39 is 0 Å². The van der Waals surface area contributed by atoms with Gasteiger partial charge in [-0.25, -0.2) is 4.98 Å². The Morgan fingerprint density at radius 3 is 2.62 bits per heavy atom. The highest BCUT2D eigenvalue weighted by atomic mass is 35.5. The van der Waals surface area contributed by atoms with Gasteiger partial charge in [-0.05, 0) is 18.6 Å². The summed E-state index contributed by atoms with van der Waals surface area (Å²) in [4.78, 5) is 4.43. The van der Waals surface area contributed by atoms with Crippen LogP contribution in [-0.4, -0.2) is 15.2 Å². The van der Waals surface area contributed by atoms with Crippen molar-refractivity contribution < 1.29 is 0 Å². The number of hydrogen-bond acceptors (Lipinski definition) is 2. The molecule has 2 rings (SSSR count). The summed E-state index contributed by atoms with van der Waals surface area (Å²) in [5.41, 5.74) is 2.00. The highest BCUT2D eigenvalue weighted by Crippen LogP contribution is 2.23. The number of benzene rings is 1. The van der Waals surface area contributed by atoms with Crippen LogP contribution in [0.4, 0.5) is 0 Å². The molecule has 0 atom stereocenters. The minimum absolute atomic E-state index is 0.349. The minimum atomic E-state index is 0.349. The van der Waals surface area contributed by atoms with Crippen LogP contribution in [0.1, 0.15) is 31.2 Å². The molecule has 0 fully saturated rings. The topological polar surface area (TPSA) is 41.6 Å². The molecular formula is C12H14ClN3. The second-order valence-corrected chi connectivity index (χ2v) is 4.57. The van der Waals surface area contributed by atoms with Crippen LogP contribution < -0.4 is 0 Å². The van der Waals surface area contributed by atoms with Crippen molar-refractivity contribution in [3.8, 4) is 11.4 Å². The number of nitrogens with zero attached hydrogens (tertiary/aromatic N) is 2. The molecule has 0 spiro atoms. The summed E-state index contributed by atoms with van der Waals surface area (Å²) >= 11 is 6.07. The number of halogens is 1. The molecule has 0 aliphatic heterocycles. The molecule has 0 radical (unpaired) electrons. The van der Waals surface area contributed by atoms with Gasteiger partial charge in [-0.1, -0.05) is 37.6 Å². The van der Waals surface area contributed by atoms with Gasteiger partial charge in [0.15, 0.2) is 5.82 Å². The zero-order valence-electron chi connectivity index (χ0n) is 9.58. The van der Waals surface area contributed by atoms with Gasteiger partial charge >= 0.3 is 0 Å². The number of rotatable bonds is 2. The lowest BCUT2D eigenvalue weighted by atomic mass is 10.1. The van der Waals surface area contributed by atoms with Crippen molar-refractivity contribution in [1.82, 2.24) is 15.2 Å². The van der Waals surface area contributed by atoms with Crippen molar-refractivity contribution in [2.45, 2.75) is 26.7 Å². The highest BCUT2D eigenvalue weighted by molar-refractivity contribution is 6.31. The van der Waals surface area contributed by atoms with Gasteiger partial charge in [0.05, 0.1) is 0 Å². The third-order valence-electron chi connectivity index (χ3n) is 2.48. The van der Waals surface area contributed by atoms with Gasteiger partial charge in [-0.15, -0.1) is 0 Å². The zero-order valence-corrected chi connectivity index (χ0v) is 10.3. The fourth-order valence-electron chi connectivity index (χ4n) is 1.39. The first-order valence-electron chi connectivity index (χ1n) is 5.26. The van der Waals surface area contributed by atoms with E-state index in [-0.39, 0.29) is 0 Å². The summed E-state index contributed by atoms with van der Waals surface area (Å²) in [5, 5.41) is 7.86. The molecule has 1 N–H and O–H groups in total. The number of H-pyrrole nitrogens is 1. The quantitative estimate of drug-likeness (QED) is 0.865. The van der Waals surface area contributed by atoms with Crippen molar-refractivity contribution in [3.63, 3.8) is 0 Å². The van der Waals surface area contributed by atoms with Crippen LogP contribution in [0.15, 0.2) is 18.2 Å². The van der Waals surface area contributed by atoms with Gasteiger partial charge in [0.2, 0.25) is 0 Å². The predicted octanol–water partition coefficient (Wildman–Crippen LogP) is 3.56. The first-order chi connectivity index (χ1) is 7.58. The molecule has 1 heterocycles. The van der Waals surface area contributed by atoms with Crippen molar-refractivity contribution in [3.05, 3.63) is 34.6 Å². The van der Waals surface area contributed by atoms with Crippen molar-refractivity contribution >= 4 is 11.6 Å². The Morgan fingerprint density at radius 1 is 1.31 bits per heavy atom. The molecule has 0 bridgehead atoms. The maximum atomic E-state index is 6.07. The van der Waals surface area contributed by atoms with Gasteiger partial charge in [-0.2, -0.15) is 5.10 Å². The third kappa shape index (κ3) is 2.09. The molecular weight excluding hydrogens is 222 g/mol. The smallest absolute Gasteiger partial charge is 0.181 e. The largest absolute Gasteiger partial charge is 0.262 e. The summed E-state index contributed by atoms with van der Waals surface area (Å²) in [6, 6.07) is 5.85. The van der Waals surface area contributed by atoms with Crippen LogP contribution >= 0.6 is 11.6 Å². The lowest BCUT2D eigenvalue weighted by Gasteiger charge is -1.99. The number of nitrogens with one attached hydrogen (secondary N) is 1. The Bertz CT molecular complexity index is 503. The summed E-state index contributed by atoms with van der Waals surface area (Å²) in [5.74, 6) is 1.94. The third-order valence-corrected chi connectivity index (χ3v) is 2.89. The molecule has 84 valence electrons. The van der Waals surface area contributed by atoms with Gasteiger partial charge < -0.3 is 0 Å². The molecule has 1 aromatic carbocycles. The second-order valence-electron chi connectivity index (χ2n) is 4.16. The summed E-state index contributed by atoms with van der Waals surface area (Å²) in [6.45, 7) is 6.13. The van der Waals surface area contributed by atoms with E-state index in [0.717, 1.165) is 22.0 Å². The zero-order chi connectivity index (χ0) is 11.7. The predicted molar refractivity (Wildman–Crippen MR) is 65.7 cm³/mol. The Hall–Kier alpha value is -1.35.